The van der Waals surface area contributed by atoms with Crippen LogP contribution < -0.4 is 10.5 Å². The number of amides is 1. The minimum absolute atomic E-state index is 0.366. The fraction of sp³-hybridized carbons (Fsp3) is 0.111. The molecule has 0 unspecified atom stereocenters. The van der Waals surface area contributed by atoms with Gasteiger partial charge in [0.05, 0.1) is 12.7 Å². The molecule has 2 N–H and O–H groups in total. The van der Waals surface area contributed by atoms with Gasteiger partial charge in [0.25, 0.3) is 5.91 Å². The number of nitrogens with two attached hydrogens (primary N) is 1. The molecule has 0 spiro atoms. The van der Waals surface area contributed by atoms with Crippen LogP contribution in [0.15, 0.2) is 18.2 Å². The van der Waals surface area contributed by atoms with E-state index >= 15 is 0 Å². The Morgan fingerprint density at radius 2 is 2.25 bits per heavy atom. The standard InChI is InChI=1S/C9H10NO2/c1-6-3-4-8(12-2)7(5-6)9(10)11/h3-5H,1H2,2H3,(H2,10,11). The van der Waals surface area contributed by atoms with Gasteiger partial charge in [0.15, 0.2) is 0 Å². The number of benzene rings is 1. The Kier molecular flexibility index (Phi) is 2.33. The van der Waals surface area contributed by atoms with E-state index < -0.39 is 5.91 Å². The van der Waals surface area contributed by atoms with Crippen LogP contribution in [-0.4, -0.2) is 13.0 Å². The highest BCUT2D eigenvalue weighted by atomic mass is 16.5. The van der Waals surface area contributed by atoms with Crippen LogP contribution >= 0.6 is 0 Å². The lowest BCUT2D eigenvalue weighted by Gasteiger charge is -2.05. The Labute approximate surface area is 71.1 Å². The van der Waals surface area contributed by atoms with Crippen molar-refractivity contribution in [2.45, 2.75) is 0 Å². The van der Waals surface area contributed by atoms with E-state index in [0.717, 1.165) is 5.56 Å². The van der Waals surface area contributed by atoms with E-state index in [4.69, 9.17) is 10.5 Å². The van der Waals surface area contributed by atoms with Crippen LogP contribution in [-0.2, 0) is 0 Å². The summed E-state index contributed by atoms with van der Waals surface area (Å²) in [6.45, 7) is 3.68. The van der Waals surface area contributed by atoms with E-state index in [1.54, 1.807) is 18.2 Å². The van der Waals surface area contributed by atoms with Crippen LogP contribution in [0.5, 0.6) is 5.75 Å². The van der Waals surface area contributed by atoms with Crippen LogP contribution in [0.25, 0.3) is 0 Å². The van der Waals surface area contributed by atoms with Gasteiger partial charge in [-0.15, -0.1) is 0 Å². The highest BCUT2D eigenvalue weighted by Gasteiger charge is 2.07. The Morgan fingerprint density at radius 3 is 2.75 bits per heavy atom. The summed E-state index contributed by atoms with van der Waals surface area (Å²) in [5, 5.41) is 0. The number of rotatable bonds is 2. The molecule has 0 aliphatic heterocycles. The van der Waals surface area contributed by atoms with E-state index in [1.807, 2.05) is 0 Å². The molecule has 3 nitrogen and oxygen atoms in total. The fourth-order valence-electron chi connectivity index (χ4n) is 0.948. The maximum Gasteiger partial charge on any atom is 0.252 e. The lowest BCUT2D eigenvalue weighted by atomic mass is 10.1. The molecule has 0 aliphatic rings. The molecular formula is C9H10NO2. The largest absolute Gasteiger partial charge is 0.496 e. The van der Waals surface area contributed by atoms with Gasteiger partial charge in [-0.05, 0) is 24.6 Å². The van der Waals surface area contributed by atoms with Crippen molar-refractivity contribution in [3.05, 3.63) is 36.2 Å². The minimum atomic E-state index is -0.502. The lowest BCUT2D eigenvalue weighted by Crippen LogP contribution is -2.12. The Balaban J connectivity index is 3.21. The number of hydrogen-bond donors (Lipinski definition) is 1. The van der Waals surface area contributed by atoms with E-state index in [2.05, 4.69) is 6.92 Å². The molecule has 1 aromatic carbocycles. The van der Waals surface area contributed by atoms with Crippen LogP contribution in [0.3, 0.4) is 0 Å². The molecule has 3 heteroatoms. The van der Waals surface area contributed by atoms with Gasteiger partial charge in [-0.25, -0.2) is 0 Å². The van der Waals surface area contributed by atoms with Crippen molar-refractivity contribution >= 4 is 5.91 Å². The zero-order valence-corrected chi connectivity index (χ0v) is 6.83. The van der Waals surface area contributed by atoms with Crippen molar-refractivity contribution < 1.29 is 9.53 Å². The monoisotopic (exact) mass is 164 g/mol. The van der Waals surface area contributed by atoms with E-state index in [1.165, 1.54) is 7.11 Å². The first-order valence-electron chi connectivity index (χ1n) is 3.45. The average Bonchev–Trinajstić information content (AvgIpc) is 2.04. The summed E-state index contributed by atoms with van der Waals surface area (Å²) in [5.41, 5.74) is 6.22. The summed E-state index contributed by atoms with van der Waals surface area (Å²) in [7, 11) is 1.49. The molecule has 1 rings (SSSR count). The number of primary amides is 1. The fourth-order valence-corrected chi connectivity index (χ4v) is 0.948. The summed E-state index contributed by atoms with van der Waals surface area (Å²) in [6.07, 6.45) is 0. The Hall–Kier alpha value is -1.51. The molecule has 0 atom stereocenters. The number of carbonyl (C=O) groups is 1. The van der Waals surface area contributed by atoms with Crippen molar-refractivity contribution in [3.8, 4) is 5.75 Å². The van der Waals surface area contributed by atoms with Crippen molar-refractivity contribution in [3.63, 3.8) is 0 Å². The minimum Gasteiger partial charge on any atom is -0.496 e. The van der Waals surface area contributed by atoms with Crippen LogP contribution in [0, 0.1) is 6.92 Å². The topological polar surface area (TPSA) is 52.3 Å². The van der Waals surface area contributed by atoms with Gasteiger partial charge in [-0.1, -0.05) is 6.07 Å². The van der Waals surface area contributed by atoms with Gasteiger partial charge >= 0.3 is 0 Å². The number of carbonyl (C=O) groups excluding carboxylic acids is 1. The first kappa shape index (κ1) is 8.59. The molecule has 0 fully saturated rings. The maximum absolute atomic E-state index is 10.8. The summed E-state index contributed by atoms with van der Waals surface area (Å²) in [5.74, 6) is -0.0211. The molecule has 0 saturated heterocycles. The molecule has 1 radical (unpaired) electrons. The highest BCUT2D eigenvalue weighted by Crippen LogP contribution is 2.18. The first-order valence-corrected chi connectivity index (χ1v) is 3.45. The maximum atomic E-state index is 10.8. The second-order valence-electron chi connectivity index (χ2n) is 2.40. The third-order valence-electron chi connectivity index (χ3n) is 1.53. The van der Waals surface area contributed by atoms with Crippen molar-refractivity contribution in [2.75, 3.05) is 7.11 Å². The second-order valence-corrected chi connectivity index (χ2v) is 2.40. The SMILES string of the molecule is [CH2]c1ccc(OC)c(C(N)=O)c1. The zero-order valence-electron chi connectivity index (χ0n) is 6.83. The second kappa shape index (κ2) is 3.26. The predicted molar refractivity (Wildman–Crippen MR) is 46.0 cm³/mol. The van der Waals surface area contributed by atoms with Gasteiger partial charge in [-0.3, -0.25) is 4.79 Å². The lowest BCUT2D eigenvalue weighted by molar-refractivity contribution is 0.0997. The number of ether oxygens (including phenoxy) is 1. The van der Waals surface area contributed by atoms with Crippen LogP contribution in [0.4, 0.5) is 0 Å². The Morgan fingerprint density at radius 1 is 1.58 bits per heavy atom. The number of methoxy groups -OCH3 is 1. The molecule has 1 aromatic rings. The number of hydrogen-bond acceptors (Lipinski definition) is 2. The van der Waals surface area contributed by atoms with Gasteiger partial charge in [0.1, 0.15) is 5.75 Å². The van der Waals surface area contributed by atoms with E-state index in [9.17, 15) is 4.79 Å². The van der Waals surface area contributed by atoms with E-state index in [-0.39, 0.29) is 0 Å². The molecular weight excluding hydrogens is 154 g/mol. The highest BCUT2D eigenvalue weighted by molar-refractivity contribution is 5.95. The molecule has 0 heterocycles. The molecule has 0 bridgehead atoms. The van der Waals surface area contributed by atoms with Crippen molar-refractivity contribution in [2.24, 2.45) is 5.73 Å². The normalized spacial score (nSPS) is 9.50. The van der Waals surface area contributed by atoms with Crippen LogP contribution in [0.1, 0.15) is 15.9 Å². The molecule has 63 valence electrons. The molecule has 0 aliphatic carbocycles. The summed E-state index contributed by atoms with van der Waals surface area (Å²) in [4.78, 5) is 10.8. The van der Waals surface area contributed by atoms with Gasteiger partial charge in [0.2, 0.25) is 0 Å². The third-order valence-corrected chi connectivity index (χ3v) is 1.53. The predicted octanol–water partition coefficient (Wildman–Crippen LogP) is 0.976. The molecule has 1 amide bonds. The third kappa shape index (κ3) is 1.56. The zero-order chi connectivity index (χ0) is 9.14. The molecule has 12 heavy (non-hydrogen) atoms. The summed E-state index contributed by atoms with van der Waals surface area (Å²) in [6, 6.07) is 5.02. The average molecular weight is 164 g/mol. The summed E-state index contributed by atoms with van der Waals surface area (Å²) < 4.78 is 4.93. The van der Waals surface area contributed by atoms with E-state index in [0.29, 0.717) is 11.3 Å². The van der Waals surface area contributed by atoms with Gasteiger partial charge < -0.3 is 10.5 Å². The van der Waals surface area contributed by atoms with Gasteiger partial charge in [0, 0.05) is 0 Å². The quantitative estimate of drug-likeness (QED) is 0.708. The Bertz CT molecular complexity index is 307. The van der Waals surface area contributed by atoms with Gasteiger partial charge in [-0.2, -0.15) is 0 Å². The smallest absolute Gasteiger partial charge is 0.252 e. The molecule has 0 aromatic heterocycles. The molecule has 0 saturated carbocycles. The summed E-state index contributed by atoms with van der Waals surface area (Å²) >= 11 is 0. The van der Waals surface area contributed by atoms with Crippen molar-refractivity contribution in [1.82, 2.24) is 0 Å². The van der Waals surface area contributed by atoms with Crippen LogP contribution in [0.2, 0.25) is 0 Å². The van der Waals surface area contributed by atoms with Crippen molar-refractivity contribution in [1.29, 1.82) is 0 Å². The first-order chi connectivity index (χ1) is 5.65.